The molecule has 2 heterocycles. The Bertz CT molecular complexity index is 1130. The summed E-state index contributed by atoms with van der Waals surface area (Å²) < 4.78 is 60.1. The van der Waals surface area contributed by atoms with Crippen molar-refractivity contribution in [1.29, 1.82) is 0 Å². The average Bonchev–Trinajstić information content (AvgIpc) is 3.18. The van der Waals surface area contributed by atoms with Gasteiger partial charge in [0, 0.05) is 25.1 Å². The second-order valence-corrected chi connectivity index (χ2v) is 9.38. The van der Waals surface area contributed by atoms with Crippen LogP contribution in [0.4, 0.5) is 8.78 Å². The van der Waals surface area contributed by atoms with E-state index < -0.39 is 21.7 Å². The van der Waals surface area contributed by atoms with E-state index in [1.807, 2.05) is 0 Å². The highest BCUT2D eigenvalue weighted by atomic mass is 32.2. The maximum Gasteiger partial charge on any atom is 0.227 e. The third kappa shape index (κ3) is 4.57. The van der Waals surface area contributed by atoms with Crippen molar-refractivity contribution in [3.8, 4) is 11.4 Å². The Balaban J connectivity index is 1.43. The van der Waals surface area contributed by atoms with Gasteiger partial charge >= 0.3 is 0 Å². The van der Waals surface area contributed by atoms with Crippen molar-refractivity contribution in [2.75, 3.05) is 13.1 Å². The summed E-state index contributed by atoms with van der Waals surface area (Å²) in [5.74, 6) is -0.837. The standard InChI is InChI=1S/C21H21F2N3O3S/c22-18-9-3-1-7-16(18)14-30(27,28)26-11-5-6-15(13-26)12-20-24-21(25-29-20)17-8-2-4-10-19(17)23/h1-4,7-10,15H,5-6,11-14H2. The molecule has 1 unspecified atom stereocenters. The zero-order chi connectivity index (χ0) is 21.1. The molecule has 0 N–H and O–H groups in total. The number of nitrogens with zero attached hydrogens (tertiary/aromatic N) is 3. The van der Waals surface area contributed by atoms with Crippen LogP contribution in [-0.4, -0.2) is 36.0 Å². The lowest BCUT2D eigenvalue weighted by Crippen LogP contribution is -2.41. The molecule has 0 spiro atoms. The zero-order valence-corrected chi connectivity index (χ0v) is 17.0. The predicted molar refractivity (Wildman–Crippen MR) is 107 cm³/mol. The maximum absolute atomic E-state index is 13.9. The molecule has 3 aromatic rings. The monoisotopic (exact) mass is 433 g/mol. The van der Waals surface area contributed by atoms with Gasteiger partial charge in [0.15, 0.2) is 0 Å². The van der Waals surface area contributed by atoms with Crippen LogP contribution < -0.4 is 0 Å². The van der Waals surface area contributed by atoms with E-state index in [0.717, 1.165) is 6.42 Å². The van der Waals surface area contributed by atoms with E-state index in [1.165, 1.54) is 28.6 Å². The minimum atomic E-state index is -3.65. The van der Waals surface area contributed by atoms with Crippen molar-refractivity contribution in [1.82, 2.24) is 14.4 Å². The van der Waals surface area contributed by atoms with Gasteiger partial charge in [-0.1, -0.05) is 35.5 Å². The van der Waals surface area contributed by atoms with Gasteiger partial charge in [0.1, 0.15) is 11.6 Å². The number of hydrogen-bond acceptors (Lipinski definition) is 5. The summed E-state index contributed by atoms with van der Waals surface area (Å²) in [6.07, 6.45) is 1.89. The number of rotatable bonds is 6. The molecule has 0 saturated carbocycles. The summed E-state index contributed by atoms with van der Waals surface area (Å²) in [6.45, 7) is 0.700. The van der Waals surface area contributed by atoms with Crippen LogP contribution in [0.25, 0.3) is 11.4 Å². The van der Waals surface area contributed by atoms with Gasteiger partial charge in [0.05, 0.1) is 11.3 Å². The van der Waals surface area contributed by atoms with Gasteiger partial charge < -0.3 is 4.52 Å². The number of hydrogen-bond donors (Lipinski definition) is 0. The first-order valence-corrected chi connectivity index (χ1v) is 11.3. The molecule has 0 bridgehead atoms. The molecule has 1 aliphatic heterocycles. The molecule has 1 aromatic heterocycles. The molecule has 0 radical (unpaired) electrons. The highest BCUT2D eigenvalue weighted by Gasteiger charge is 2.30. The van der Waals surface area contributed by atoms with Crippen LogP contribution in [0.1, 0.15) is 24.3 Å². The first-order chi connectivity index (χ1) is 14.4. The Kier molecular flexibility index (Phi) is 5.92. The van der Waals surface area contributed by atoms with Crippen molar-refractivity contribution >= 4 is 10.0 Å². The van der Waals surface area contributed by atoms with Gasteiger partial charge in [-0.2, -0.15) is 4.98 Å². The third-order valence-corrected chi connectivity index (χ3v) is 7.01. The van der Waals surface area contributed by atoms with Gasteiger partial charge in [-0.05, 0) is 37.0 Å². The van der Waals surface area contributed by atoms with Crippen LogP contribution in [0.3, 0.4) is 0 Å². The van der Waals surface area contributed by atoms with Crippen molar-refractivity contribution in [2.24, 2.45) is 5.92 Å². The minimum absolute atomic E-state index is 0.0111. The summed E-state index contributed by atoms with van der Waals surface area (Å²) in [6, 6.07) is 12.1. The maximum atomic E-state index is 13.9. The summed E-state index contributed by atoms with van der Waals surface area (Å²) >= 11 is 0. The molecule has 6 nitrogen and oxygen atoms in total. The van der Waals surface area contributed by atoms with E-state index in [4.69, 9.17) is 4.52 Å². The molecule has 158 valence electrons. The lowest BCUT2D eigenvalue weighted by Gasteiger charge is -2.31. The molecular weight excluding hydrogens is 412 g/mol. The number of piperidine rings is 1. The molecular formula is C21H21F2N3O3S. The molecule has 1 atom stereocenters. The van der Waals surface area contributed by atoms with Crippen molar-refractivity contribution < 1.29 is 21.7 Å². The summed E-state index contributed by atoms with van der Waals surface area (Å²) in [4.78, 5) is 4.27. The van der Waals surface area contributed by atoms with Gasteiger partial charge in [0.25, 0.3) is 0 Å². The van der Waals surface area contributed by atoms with E-state index >= 15 is 0 Å². The molecule has 1 aliphatic rings. The van der Waals surface area contributed by atoms with Crippen LogP contribution in [0.2, 0.25) is 0 Å². The predicted octanol–water partition coefficient (Wildman–Crippen LogP) is 3.80. The summed E-state index contributed by atoms with van der Waals surface area (Å²) in [7, 11) is -3.65. The average molecular weight is 433 g/mol. The number of sulfonamides is 1. The quantitative estimate of drug-likeness (QED) is 0.591. The Morgan fingerprint density at radius 1 is 1.07 bits per heavy atom. The molecule has 30 heavy (non-hydrogen) atoms. The van der Waals surface area contributed by atoms with E-state index in [0.29, 0.717) is 31.8 Å². The smallest absolute Gasteiger partial charge is 0.227 e. The third-order valence-electron chi connectivity index (χ3n) is 5.22. The number of halogens is 2. The molecule has 9 heteroatoms. The fourth-order valence-electron chi connectivity index (χ4n) is 3.69. The highest BCUT2D eigenvalue weighted by Crippen LogP contribution is 2.26. The molecule has 1 fully saturated rings. The zero-order valence-electron chi connectivity index (χ0n) is 16.2. The molecule has 1 saturated heterocycles. The van der Waals surface area contributed by atoms with Gasteiger partial charge in [0.2, 0.25) is 21.7 Å². The molecule has 2 aromatic carbocycles. The van der Waals surface area contributed by atoms with Gasteiger partial charge in [-0.25, -0.2) is 21.5 Å². The van der Waals surface area contributed by atoms with Gasteiger partial charge in [-0.3, -0.25) is 0 Å². The minimum Gasteiger partial charge on any atom is -0.339 e. The lowest BCUT2D eigenvalue weighted by molar-refractivity contribution is 0.246. The Labute approximate surface area is 173 Å². The van der Waals surface area contributed by atoms with Crippen molar-refractivity contribution in [2.45, 2.75) is 25.0 Å². The van der Waals surface area contributed by atoms with E-state index in [9.17, 15) is 17.2 Å². The first-order valence-electron chi connectivity index (χ1n) is 9.71. The fraction of sp³-hybridized carbons (Fsp3) is 0.333. The number of aromatic nitrogens is 2. The van der Waals surface area contributed by atoms with Crippen LogP contribution in [0.15, 0.2) is 53.1 Å². The largest absolute Gasteiger partial charge is 0.339 e. The van der Waals surface area contributed by atoms with Crippen LogP contribution >= 0.6 is 0 Å². The second-order valence-electron chi connectivity index (χ2n) is 7.41. The summed E-state index contributed by atoms with van der Waals surface area (Å²) in [5, 5.41) is 3.85. The van der Waals surface area contributed by atoms with Crippen molar-refractivity contribution in [3.63, 3.8) is 0 Å². The van der Waals surface area contributed by atoms with E-state index in [2.05, 4.69) is 10.1 Å². The second kappa shape index (κ2) is 8.61. The molecule has 0 amide bonds. The van der Waals surface area contributed by atoms with E-state index in [-0.39, 0.29) is 28.6 Å². The SMILES string of the molecule is O=S(=O)(Cc1ccccc1F)N1CCCC(Cc2nc(-c3ccccc3F)no2)C1. The van der Waals surface area contributed by atoms with Crippen molar-refractivity contribution in [3.05, 3.63) is 71.6 Å². The Hall–Kier alpha value is -2.65. The fourth-order valence-corrected chi connectivity index (χ4v) is 5.34. The van der Waals surface area contributed by atoms with E-state index in [1.54, 1.807) is 24.3 Å². The first kappa shape index (κ1) is 20.6. The Morgan fingerprint density at radius 3 is 2.57 bits per heavy atom. The number of benzene rings is 2. The van der Waals surface area contributed by atoms with Gasteiger partial charge in [-0.15, -0.1) is 0 Å². The van der Waals surface area contributed by atoms with Crippen LogP contribution in [-0.2, 0) is 22.2 Å². The highest BCUT2D eigenvalue weighted by molar-refractivity contribution is 7.88. The normalized spacial score (nSPS) is 17.9. The molecule has 0 aliphatic carbocycles. The topological polar surface area (TPSA) is 76.3 Å². The lowest BCUT2D eigenvalue weighted by atomic mass is 9.96. The van der Waals surface area contributed by atoms with Crippen LogP contribution in [0, 0.1) is 17.6 Å². The molecule has 4 rings (SSSR count). The van der Waals surface area contributed by atoms with Crippen LogP contribution in [0.5, 0.6) is 0 Å². The summed E-state index contributed by atoms with van der Waals surface area (Å²) in [5.41, 5.74) is 0.413. The Morgan fingerprint density at radius 2 is 1.80 bits per heavy atom.